The quantitative estimate of drug-likeness (QED) is 0.722. The van der Waals surface area contributed by atoms with Gasteiger partial charge >= 0.3 is 0 Å². The van der Waals surface area contributed by atoms with Crippen molar-refractivity contribution in [2.45, 2.75) is 11.7 Å². The lowest BCUT2D eigenvalue weighted by atomic mass is 10.4. The average Bonchev–Trinajstić information content (AvgIpc) is 2.85. The molecule has 7 heteroatoms. The summed E-state index contributed by atoms with van der Waals surface area (Å²) in [5, 5.41) is 8.54. The predicted molar refractivity (Wildman–Crippen MR) is 63.0 cm³/mol. The number of aryl methyl sites for hydroxylation is 1. The maximum absolute atomic E-state index is 12.2. The van der Waals surface area contributed by atoms with Gasteiger partial charge in [-0.3, -0.25) is 9.36 Å². The van der Waals surface area contributed by atoms with Crippen LogP contribution in [0.3, 0.4) is 0 Å². The van der Waals surface area contributed by atoms with Gasteiger partial charge in [0.2, 0.25) is 0 Å². The van der Waals surface area contributed by atoms with E-state index < -0.39 is 0 Å². The fraction of sp³-hybridized carbons (Fsp3) is 0.444. The number of hydrogen-bond acceptors (Lipinski definition) is 5. The van der Waals surface area contributed by atoms with Crippen LogP contribution in [-0.4, -0.2) is 32.1 Å². The van der Waals surface area contributed by atoms with Gasteiger partial charge in [0.25, 0.3) is 5.56 Å². The molecule has 0 saturated heterocycles. The zero-order valence-corrected chi connectivity index (χ0v) is 9.84. The number of thioether (sulfide) groups is 1. The Hall–Kier alpha value is -1.50. The molecule has 0 radical (unpaired) electrons. The van der Waals surface area contributed by atoms with E-state index in [1.54, 1.807) is 35.1 Å². The fourth-order valence-electron chi connectivity index (χ4n) is 1.92. The molecule has 6 nitrogen and oxygen atoms in total. The molecule has 2 aromatic heterocycles. The Bertz CT molecular complexity index is 629. The van der Waals surface area contributed by atoms with Crippen LogP contribution < -0.4 is 10.9 Å². The van der Waals surface area contributed by atoms with Crippen LogP contribution in [0.25, 0.3) is 11.0 Å². The number of nitrogens with zero attached hydrogens (tertiary/aromatic N) is 4. The van der Waals surface area contributed by atoms with Crippen molar-refractivity contribution in [1.82, 2.24) is 19.3 Å². The van der Waals surface area contributed by atoms with Crippen molar-refractivity contribution >= 4 is 28.6 Å². The van der Waals surface area contributed by atoms with Gasteiger partial charge in [-0.05, 0) is 0 Å². The Morgan fingerprint density at radius 3 is 3.06 bits per heavy atom. The minimum absolute atomic E-state index is 0.00227. The lowest BCUT2D eigenvalue weighted by molar-refractivity contribution is 0.662. The van der Waals surface area contributed by atoms with Gasteiger partial charge in [-0.1, -0.05) is 11.8 Å². The first-order valence-corrected chi connectivity index (χ1v) is 5.99. The molecule has 0 aliphatic carbocycles. The van der Waals surface area contributed by atoms with Crippen molar-refractivity contribution in [3.05, 3.63) is 10.4 Å². The summed E-state index contributed by atoms with van der Waals surface area (Å²) in [6.07, 6.45) is 0. The summed E-state index contributed by atoms with van der Waals surface area (Å²) < 4.78 is 3.36. The molecular formula is C9H11N5OS. The average molecular weight is 237 g/mol. The van der Waals surface area contributed by atoms with Gasteiger partial charge < -0.3 is 5.32 Å². The Morgan fingerprint density at radius 1 is 1.50 bits per heavy atom. The highest BCUT2D eigenvalue weighted by Crippen LogP contribution is 2.25. The van der Waals surface area contributed by atoms with E-state index in [0.29, 0.717) is 16.9 Å². The number of rotatable bonds is 1. The highest BCUT2D eigenvalue weighted by molar-refractivity contribution is 7.99. The molecule has 0 aromatic carbocycles. The first-order valence-electron chi connectivity index (χ1n) is 5.00. The topological polar surface area (TPSA) is 64.7 Å². The smallest absolute Gasteiger partial charge is 0.267 e. The predicted octanol–water partition coefficient (Wildman–Crippen LogP) is 0.277. The Labute approximate surface area is 95.7 Å². The molecule has 1 N–H and O–H groups in total. The van der Waals surface area contributed by atoms with E-state index in [1.165, 1.54) is 0 Å². The lowest BCUT2D eigenvalue weighted by Gasteiger charge is -2.01. The van der Waals surface area contributed by atoms with Crippen molar-refractivity contribution < 1.29 is 0 Å². The molecule has 0 spiro atoms. The van der Waals surface area contributed by atoms with Crippen molar-refractivity contribution in [3.8, 4) is 0 Å². The molecule has 1 aliphatic rings. The van der Waals surface area contributed by atoms with E-state index in [4.69, 9.17) is 0 Å². The van der Waals surface area contributed by atoms with Gasteiger partial charge in [-0.2, -0.15) is 5.10 Å². The Morgan fingerprint density at radius 2 is 2.31 bits per heavy atom. The Balaban J connectivity index is 2.48. The van der Waals surface area contributed by atoms with Crippen molar-refractivity contribution in [1.29, 1.82) is 0 Å². The van der Waals surface area contributed by atoms with Crippen molar-refractivity contribution in [2.75, 3.05) is 18.1 Å². The Kier molecular flexibility index (Phi) is 1.97. The zero-order chi connectivity index (χ0) is 11.3. The summed E-state index contributed by atoms with van der Waals surface area (Å²) in [4.78, 5) is 16.7. The summed E-state index contributed by atoms with van der Waals surface area (Å²) in [5.74, 6) is 1.52. The van der Waals surface area contributed by atoms with Gasteiger partial charge in [0.05, 0.1) is 0 Å². The first-order chi connectivity index (χ1) is 7.72. The van der Waals surface area contributed by atoms with E-state index in [9.17, 15) is 4.79 Å². The molecule has 0 unspecified atom stereocenters. The van der Waals surface area contributed by atoms with Gasteiger partial charge in [-0.15, -0.1) is 0 Å². The van der Waals surface area contributed by atoms with Crippen LogP contribution in [0.15, 0.2) is 9.95 Å². The first kappa shape index (κ1) is 9.71. The van der Waals surface area contributed by atoms with Crippen LogP contribution >= 0.6 is 11.8 Å². The van der Waals surface area contributed by atoms with Crippen molar-refractivity contribution in [3.63, 3.8) is 0 Å². The standard InChI is InChI=1S/C9H11N5OS/c1-10-6-5-7(13(2)12-6)11-9-14(8(5)15)3-4-16-9/h3-4H2,1-2H3,(H,10,12). The maximum Gasteiger partial charge on any atom is 0.267 e. The molecule has 16 heavy (non-hydrogen) atoms. The second kappa shape index (κ2) is 3.24. The molecule has 0 saturated carbocycles. The van der Waals surface area contributed by atoms with Gasteiger partial charge in [0.1, 0.15) is 5.39 Å². The second-order valence-electron chi connectivity index (χ2n) is 3.62. The monoisotopic (exact) mass is 237 g/mol. The number of hydrogen-bond donors (Lipinski definition) is 1. The molecule has 84 valence electrons. The summed E-state index contributed by atoms with van der Waals surface area (Å²) in [5.41, 5.74) is 0.650. The van der Waals surface area contributed by atoms with E-state index in [-0.39, 0.29) is 5.56 Å². The fourth-order valence-corrected chi connectivity index (χ4v) is 2.86. The van der Waals surface area contributed by atoms with Crippen LogP contribution in [0.4, 0.5) is 5.82 Å². The zero-order valence-electron chi connectivity index (χ0n) is 9.02. The molecule has 1 aliphatic heterocycles. The highest BCUT2D eigenvalue weighted by Gasteiger charge is 2.21. The number of anilines is 1. The molecule has 3 rings (SSSR count). The van der Waals surface area contributed by atoms with E-state index in [2.05, 4.69) is 15.4 Å². The summed E-state index contributed by atoms with van der Waals surface area (Å²) in [7, 11) is 3.56. The number of fused-ring (bicyclic) bond motifs is 2. The largest absolute Gasteiger partial charge is 0.371 e. The van der Waals surface area contributed by atoms with Gasteiger partial charge in [-0.25, -0.2) is 9.67 Å². The normalized spacial score (nSPS) is 14.4. The third kappa shape index (κ3) is 1.12. The third-order valence-electron chi connectivity index (χ3n) is 2.69. The van der Waals surface area contributed by atoms with Crippen LogP contribution in [-0.2, 0) is 13.6 Å². The molecule has 0 amide bonds. The minimum atomic E-state index is 0.00227. The molecule has 2 aromatic rings. The minimum Gasteiger partial charge on any atom is -0.371 e. The third-order valence-corrected chi connectivity index (χ3v) is 3.65. The summed E-state index contributed by atoms with van der Waals surface area (Å²) in [6.45, 7) is 0.736. The highest BCUT2D eigenvalue weighted by atomic mass is 32.2. The summed E-state index contributed by atoms with van der Waals surface area (Å²) in [6, 6.07) is 0. The number of aromatic nitrogens is 4. The van der Waals surface area contributed by atoms with Crippen LogP contribution in [0.1, 0.15) is 0 Å². The van der Waals surface area contributed by atoms with E-state index in [1.807, 2.05) is 0 Å². The lowest BCUT2D eigenvalue weighted by Crippen LogP contribution is -2.20. The van der Waals surface area contributed by atoms with Gasteiger partial charge in [0.15, 0.2) is 16.6 Å². The van der Waals surface area contributed by atoms with Crippen LogP contribution in [0, 0.1) is 0 Å². The molecule has 0 bridgehead atoms. The second-order valence-corrected chi connectivity index (χ2v) is 4.68. The van der Waals surface area contributed by atoms with E-state index >= 15 is 0 Å². The molecule has 3 heterocycles. The molecule has 0 fully saturated rings. The summed E-state index contributed by atoms with van der Waals surface area (Å²) >= 11 is 1.61. The maximum atomic E-state index is 12.2. The van der Waals surface area contributed by atoms with Crippen LogP contribution in [0.5, 0.6) is 0 Å². The van der Waals surface area contributed by atoms with Gasteiger partial charge in [0, 0.05) is 26.4 Å². The number of nitrogens with one attached hydrogen (secondary N) is 1. The van der Waals surface area contributed by atoms with E-state index in [0.717, 1.165) is 17.5 Å². The van der Waals surface area contributed by atoms with Crippen molar-refractivity contribution in [2.24, 2.45) is 7.05 Å². The molecule has 0 atom stereocenters. The molecular weight excluding hydrogens is 226 g/mol. The SMILES string of the molecule is CNc1nn(C)c2nc3n(c(=O)c12)CCS3. The van der Waals surface area contributed by atoms with Crippen LogP contribution in [0.2, 0.25) is 0 Å².